The average molecular weight is 709 g/mol. The molecule has 6 nitrogen and oxygen atoms in total. The van der Waals surface area contributed by atoms with E-state index in [9.17, 15) is 9.59 Å². The number of nitrogens with two attached hydrogens (primary N) is 1. The second-order valence-corrected chi connectivity index (χ2v) is 15.5. The van der Waals surface area contributed by atoms with Crippen LogP contribution in [0.4, 0.5) is 0 Å². The van der Waals surface area contributed by atoms with Crippen LogP contribution in [0, 0.1) is 0 Å². The molecule has 0 spiro atoms. The third-order valence-electron chi connectivity index (χ3n) is 10.5. The van der Waals surface area contributed by atoms with Gasteiger partial charge in [0.15, 0.2) is 0 Å². The Morgan fingerprint density at radius 1 is 0.500 bits per heavy atom. The highest BCUT2D eigenvalue weighted by Gasteiger charge is 2.06. The van der Waals surface area contributed by atoms with Crippen molar-refractivity contribution >= 4 is 11.9 Å². The zero-order chi connectivity index (χ0) is 36.4. The van der Waals surface area contributed by atoms with Crippen LogP contribution in [0.15, 0.2) is 0 Å². The average Bonchev–Trinajstić information content (AvgIpc) is 3.11. The van der Waals surface area contributed by atoms with Crippen molar-refractivity contribution in [2.24, 2.45) is 5.73 Å². The van der Waals surface area contributed by atoms with Gasteiger partial charge in [-0.15, -0.1) is 0 Å². The number of nitrogens with one attached hydrogen (secondary N) is 1. The van der Waals surface area contributed by atoms with Gasteiger partial charge in [0.25, 0.3) is 0 Å². The lowest BCUT2D eigenvalue weighted by Gasteiger charge is -2.16. The van der Waals surface area contributed by atoms with Gasteiger partial charge in [0.2, 0.25) is 0 Å². The third-order valence-corrected chi connectivity index (χ3v) is 10.5. The van der Waals surface area contributed by atoms with Gasteiger partial charge in [0.1, 0.15) is 0 Å². The Hall–Kier alpha value is -1.14. The molecule has 0 aromatic rings. The van der Waals surface area contributed by atoms with E-state index in [1.54, 1.807) is 0 Å². The standard InChI is InChI=1S/C44H88N2O4/c1-2-3-4-5-6-25-30-35-40-50-44(49)38-33-28-23-19-15-11-8-12-16-20-24-29-34-39-46-42(41-45)36-31-26-21-17-13-9-7-10-14-18-22-27-32-37-43(47)48/h42,46H,2-41,45H2,1H3,(H,47,48). The van der Waals surface area contributed by atoms with E-state index in [4.69, 9.17) is 15.6 Å². The summed E-state index contributed by atoms with van der Waals surface area (Å²) in [5, 5.41) is 12.4. The number of hydrogen-bond acceptors (Lipinski definition) is 5. The van der Waals surface area contributed by atoms with E-state index in [0.29, 0.717) is 25.5 Å². The first-order chi connectivity index (χ1) is 24.6. The molecule has 0 heterocycles. The van der Waals surface area contributed by atoms with E-state index >= 15 is 0 Å². The molecule has 0 aliphatic heterocycles. The van der Waals surface area contributed by atoms with E-state index in [2.05, 4.69) is 12.2 Å². The summed E-state index contributed by atoms with van der Waals surface area (Å²) in [7, 11) is 0. The second kappa shape index (κ2) is 42.3. The number of unbranched alkanes of at least 4 members (excludes halogenated alkanes) is 31. The molecule has 50 heavy (non-hydrogen) atoms. The number of carbonyl (C=O) groups excluding carboxylic acids is 1. The van der Waals surface area contributed by atoms with Crippen LogP contribution in [0.5, 0.6) is 0 Å². The topological polar surface area (TPSA) is 102 Å². The lowest BCUT2D eigenvalue weighted by Crippen LogP contribution is -2.36. The number of carbonyl (C=O) groups is 2. The SMILES string of the molecule is CCCCCCCCCCOC(=O)CCCCCCCCCCCCCCCNC(CN)CCCCCCCCCCCCCCCC(=O)O. The quantitative estimate of drug-likeness (QED) is 0.0430. The fourth-order valence-corrected chi connectivity index (χ4v) is 7.05. The number of esters is 1. The second-order valence-electron chi connectivity index (χ2n) is 15.5. The van der Waals surface area contributed by atoms with E-state index in [-0.39, 0.29) is 5.97 Å². The molecule has 0 aromatic carbocycles. The minimum Gasteiger partial charge on any atom is -0.481 e. The first-order valence-electron chi connectivity index (χ1n) is 22.4. The molecular formula is C44H88N2O4. The summed E-state index contributed by atoms with van der Waals surface area (Å²) >= 11 is 0. The molecule has 298 valence electrons. The summed E-state index contributed by atoms with van der Waals surface area (Å²) in [6.07, 6.45) is 45.8. The Kier molecular flexibility index (Phi) is 41.3. The van der Waals surface area contributed by atoms with Crippen molar-refractivity contribution in [2.45, 2.75) is 251 Å². The van der Waals surface area contributed by atoms with Crippen LogP contribution >= 0.6 is 0 Å². The molecule has 0 rings (SSSR count). The van der Waals surface area contributed by atoms with Gasteiger partial charge in [-0.05, 0) is 38.6 Å². The summed E-state index contributed by atoms with van der Waals surface area (Å²) < 4.78 is 5.41. The Morgan fingerprint density at radius 3 is 1.28 bits per heavy atom. The van der Waals surface area contributed by atoms with Crippen molar-refractivity contribution in [1.82, 2.24) is 5.32 Å². The highest BCUT2D eigenvalue weighted by molar-refractivity contribution is 5.69. The van der Waals surface area contributed by atoms with Crippen LogP contribution < -0.4 is 11.1 Å². The van der Waals surface area contributed by atoms with Crippen molar-refractivity contribution in [3.63, 3.8) is 0 Å². The summed E-state index contributed by atoms with van der Waals surface area (Å²) in [6, 6.07) is 0.491. The van der Waals surface area contributed by atoms with Crippen LogP contribution in [-0.4, -0.2) is 42.8 Å². The van der Waals surface area contributed by atoms with Gasteiger partial charge in [0.05, 0.1) is 6.61 Å². The molecule has 0 aliphatic rings. The van der Waals surface area contributed by atoms with Crippen molar-refractivity contribution in [1.29, 1.82) is 0 Å². The maximum Gasteiger partial charge on any atom is 0.305 e. The molecule has 1 unspecified atom stereocenters. The molecule has 0 aliphatic carbocycles. The highest BCUT2D eigenvalue weighted by atomic mass is 16.5. The Labute approximate surface area is 312 Å². The van der Waals surface area contributed by atoms with Crippen molar-refractivity contribution < 1.29 is 19.4 Å². The molecule has 0 saturated carbocycles. The maximum atomic E-state index is 11.9. The van der Waals surface area contributed by atoms with E-state index in [0.717, 1.165) is 45.2 Å². The molecule has 0 radical (unpaired) electrons. The van der Waals surface area contributed by atoms with E-state index in [1.165, 1.54) is 193 Å². The van der Waals surface area contributed by atoms with Crippen LogP contribution in [0.25, 0.3) is 0 Å². The largest absolute Gasteiger partial charge is 0.481 e. The zero-order valence-corrected chi connectivity index (χ0v) is 33.6. The van der Waals surface area contributed by atoms with Crippen molar-refractivity contribution in [3.8, 4) is 0 Å². The zero-order valence-electron chi connectivity index (χ0n) is 33.6. The van der Waals surface area contributed by atoms with Crippen LogP contribution in [0.3, 0.4) is 0 Å². The van der Waals surface area contributed by atoms with Gasteiger partial charge >= 0.3 is 11.9 Å². The molecule has 0 amide bonds. The normalized spacial score (nSPS) is 12.0. The van der Waals surface area contributed by atoms with Crippen LogP contribution in [0.2, 0.25) is 0 Å². The molecule has 0 saturated heterocycles. The molecule has 0 aromatic heterocycles. The molecule has 1 atom stereocenters. The van der Waals surface area contributed by atoms with Gasteiger partial charge in [-0.1, -0.05) is 200 Å². The minimum absolute atomic E-state index is 0.0103. The van der Waals surface area contributed by atoms with Crippen molar-refractivity contribution in [3.05, 3.63) is 0 Å². The maximum absolute atomic E-state index is 11.9. The Bertz CT molecular complexity index is 689. The summed E-state index contributed by atoms with van der Waals surface area (Å²) in [5.74, 6) is -0.651. The number of aliphatic carboxylic acids is 1. The monoisotopic (exact) mass is 709 g/mol. The van der Waals surface area contributed by atoms with Crippen LogP contribution in [0.1, 0.15) is 244 Å². The van der Waals surface area contributed by atoms with Gasteiger partial charge in [-0.3, -0.25) is 9.59 Å². The predicted molar refractivity (Wildman–Crippen MR) is 216 cm³/mol. The minimum atomic E-state index is -0.661. The Morgan fingerprint density at radius 2 is 0.860 bits per heavy atom. The number of ether oxygens (including phenoxy) is 1. The van der Waals surface area contributed by atoms with Gasteiger partial charge < -0.3 is 20.9 Å². The smallest absolute Gasteiger partial charge is 0.305 e. The predicted octanol–water partition coefficient (Wildman–Crippen LogP) is 13.0. The molecule has 6 heteroatoms. The van der Waals surface area contributed by atoms with Gasteiger partial charge in [0, 0.05) is 25.4 Å². The number of carboxylic acid groups (broad SMARTS) is 1. The lowest BCUT2D eigenvalue weighted by atomic mass is 10.0. The van der Waals surface area contributed by atoms with Crippen LogP contribution in [-0.2, 0) is 14.3 Å². The summed E-state index contributed by atoms with van der Waals surface area (Å²) in [6.45, 7) is 4.75. The molecule has 4 N–H and O–H groups in total. The first kappa shape index (κ1) is 48.9. The molecule has 0 bridgehead atoms. The Balaban J connectivity index is 3.29. The van der Waals surface area contributed by atoms with Crippen molar-refractivity contribution in [2.75, 3.05) is 19.7 Å². The summed E-state index contributed by atoms with van der Waals surface area (Å²) in [5.41, 5.74) is 6.05. The fraction of sp³-hybridized carbons (Fsp3) is 0.955. The highest BCUT2D eigenvalue weighted by Crippen LogP contribution is 2.16. The number of carboxylic acids is 1. The van der Waals surface area contributed by atoms with E-state index in [1.807, 2.05) is 0 Å². The van der Waals surface area contributed by atoms with Gasteiger partial charge in [-0.2, -0.15) is 0 Å². The number of hydrogen-bond donors (Lipinski definition) is 3. The first-order valence-corrected chi connectivity index (χ1v) is 22.4. The van der Waals surface area contributed by atoms with Gasteiger partial charge in [-0.25, -0.2) is 0 Å². The molecular weight excluding hydrogens is 620 g/mol. The third kappa shape index (κ3) is 41.3. The number of rotatable bonds is 43. The molecule has 0 fully saturated rings. The lowest BCUT2D eigenvalue weighted by molar-refractivity contribution is -0.144. The summed E-state index contributed by atoms with van der Waals surface area (Å²) in [4.78, 5) is 22.4. The fourth-order valence-electron chi connectivity index (χ4n) is 7.05. The van der Waals surface area contributed by atoms with E-state index < -0.39 is 5.97 Å².